The van der Waals surface area contributed by atoms with Gasteiger partial charge in [-0.3, -0.25) is 0 Å². The van der Waals surface area contributed by atoms with Gasteiger partial charge in [0.15, 0.2) is 0 Å². The summed E-state index contributed by atoms with van der Waals surface area (Å²) in [6.45, 7) is 4.17. The van der Waals surface area contributed by atoms with Gasteiger partial charge in [-0.15, -0.1) is 0 Å². The fourth-order valence-corrected chi connectivity index (χ4v) is 4.27. The average Bonchev–Trinajstić information content (AvgIpc) is 2.84. The monoisotopic (exact) mass is 342 g/mol. The van der Waals surface area contributed by atoms with E-state index in [2.05, 4.69) is 4.57 Å². The zero-order valence-corrected chi connectivity index (χ0v) is 14.0. The van der Waals surface area contributed by atoms with Crippen LogP contribution in [0, 0.1) is 0 Å². The Balaban J connectivity index is 1.83. The van der Waals surface area contributed by atoms with Crippen molar-refractivity contribution in [3.63, 3.8) is 0 Å². The molecule has 0 unspecified atom stereocenters. The van der Waals surface area contributed by atoms with Gasteiger partial charge in [0.2, 0.25) is 10.0 Å². The van der Waals surface area contributed by atoms with Crippen molar-refractivity contribution in [1.82, 2.24) is 8.87 Å². The zero-order chi connectivity index (χ0) is 15.7. The highest BCUT2D eigenvalue weighted by molar-refractivity contribution is 7.89. The molecule has 0 spiro atoms. The molecule has 0 bridgehead atoms. The average molecular weight is 343 g/mol. The minimum Gasteiger partial charge on any atom is -0.381 e. The lowest BCUT2D eigenvalue weighted by molar-refractivity contribution is 0.162. The van der Waals surface area contributed by atoms with Gasteiger partial charge < -0.3 is 9.30 Å². The Hall–Kier alpha value is -1.08. The Bertz CT molecular complexity index is 785. The van der Waals surface area contributed by atoms with E-state index in [9.17, 15) is 8.42 Å². The number of sulfonamides is 1. The molecule has 2 heterocycles. The lowest BCUT2D eigenvalue weighted by Gasteiger charge is -2.28. The third-order valence-electron chi connectivity index (χ3n) is 3.95. The molecule has 3 rings (SSSR count). The minimum absolute atomic E-state index is 0.0346. The van der Waals surface area contributed by atoms with E-state index < -0.39 is 10.0 Å². The summed E-state index contributed by atoms with van der Waals surface area (Å²) >= 11 is 6.06. The second kappa shape index (κ2) is 6.20. The summed E-state index contributed by atoms with van der Waals surface area (Å²) in [6, 6.07) is 7.79. The fraction of sp³-hybridized carbons (Fsp3) is 0.467. The van der Waals surface area contributed by atoms with Crippen LogP contribution in [0.1, 0.15) is 12.6 Å². The van der Waals surface area contributed by atoms with Crippen LogP contribution in [0.25, 0.3) is 10.9 Å². The van der Waals surface area contributed by atoms with Gasteiger partial charge in [0.05, 0.1) is 18.9 Å². The zero-order valence-electron chi connectivity index (χ0n) is 12.5. The first-order valence-electron chi connectivity index (χ1n) is 7.34. The standard InChI is InChI=1S/C15H19ClN2O3S/c1-2-21-7-8-22(19,20)17-5-6-18-14(11-17)9-12-3-4-13(16)10-15(12)18/h3-4,9-10H,2,5-8,11H2,1H3. The smallest absolute Gasteiger partial charge is 0.216 e. The van der Waals surface area contributed by atoms with E-state index in [1.165, 1.54) is 0 Å². The highest BCUT2D eigenvalue weighted by Gasteiger charge is 2.27. The van der Waals surface area contributed by atoms with Crippen LogP contribution in [0.3, 0.4) is 0 Å². The first-order valence-corrected chi connectivity index (χ1v) is 9.33. The van der Waals surface area contributed by atoms with Crippen LogP contribution < -0.4 is 0 Å². The molecule has 1 aromatic heterocycles. The molecule has 1 aromatic carbocycles. The molecule has 0 radical (unpaired) electrons. The number of hydrogen-bond donors (Lipinski definition) is 0. The molecule has 0 saturated carbocycles. The van der Waals surface area contributed by atoms with Crippen molar-refractivity contribution in [1.29, 1.82) is 0 Å². The summed E-state index contributed by atoms with van der Waals surface area (Å²) in [5.74, 6) is 0.0346. The molecule has 22 heavy (non-hydrogen) atoms. The lowest BCUT2D eigenvalue weighted by Crippen LogP contribution is -2.40. The molecule has 0 aliphatic carbocycles. The Labute approximate surface area is 135 Å². The van der Waals surface area contributed by atoms with Gasteiger partial charge in [-0.05, 0) is 25.1 Å². The molecule has 5 nitrogen and oxygen atoms in total. The van der Waals surface area contributed by atoms with Crippen molar-refractivity contribution >= 4 is 32.5 Å². The fourth-order valence-electron chi connectivity index (χ4n) is 2.83. The van der Waals surface area contributed by atoms with Crippen molar-refractivity contribution in [2.75, 3.05) is 25.5 Å². The maximum Gasteiger partial charge on any atom is 0.216 e. The Morgan fingerprint density at radius 3 is 2.86 bits per heavy atom. The molecule has 0 fully saturated rings. The molecule has 1 aliphatic heterocycles. The van der Waals surface area contributed by atoms with Crippen molar-refractivity contribution in [2.45, 2.75) is 20.0 Å². The number of hydrogen-bond acceptors (Lipinski definition) is 3. The minimum atomic E-state index is -3.27. The third-order valence-corrected chi connectivity index (χ3v) is 5.96. The van der Waals surface area contributed by atoms with Gasteiger partial charge in [0, 0.05) is 41.3 Å². The molecular weight excluding hydrogens is 324 g/mol. The van der Waals surface area contributed by atoms with Gasteiger partial charge in [-0.2, -0.15) is 4.31 Å². The third kappa shape index (κ3) is 3.01. The van der Waals surface area contributed by atoms with Crippen LogP contribution in [0.5, 0.6) is 0 Å². The van der Waals surface area contributed by atoms with Crippen LogP contribution >= 0.6 is 11.6 Å². The molecule has 0 atom stereocenters. The van der Waals surface area contributed by atoms with Crippen LogP contribution in [0.15, 0.2) is 24.3 Å². The quantitative estimate of drug-likeness (QED) is 0.784. The highest BCUT2D eigenvalue weighted by atomic mass is 35.5. The number of aromatic nitrogens is 1. The Morgan fingerprint density at radius 1 is 1.27 bits per heavy atom. The van der Waals surface area contributed by atoms with Crippen molar-refractivity contribution in [2.24, 2.45) is 0 Å². The maximum absolute atomic E-state index is 12.4. The Kier molecular flexibility index (Phi) is 4.45. The number of rotatable bonds is 5. The van der Waals surface area contributed by atoms with Gasteiger partial charge in [0.25, 0.3) is 0 Å². The molecule has 2 aromatic rings. The van der Waals surface area contributed by atoms with Crippen molar-refractivity contribution in [3.05, 3.63) is 35.0 Å². The van der Waals surface area contributed by atoms with Crippen LogP contribution in [-0.2, 0) is 27.8 Å². The van der Waals surface area contributed by atoms with E-state index in [-0.39, 0.29) is 12.4 Å². The van der Waals surface area contributed by atoms with E-state index in [4.69, 9.17) is 16.3 Å². The number of halogens is 1. The molecular formula is C15H19ClN2O3S. The summed E-state index contributed by atoms with van der Waals surface area (Å²) in [7, 11) is -3.27. The van der Waals surface area contributed by atoms with Crippen LogP contribution in [0.2, 0.25) is 5.02 Å². The van der Waals surface area contributed by atoms with E-state index >= 15 is 0 Å². The van der Waals surface area contributed by atoms with Crippen molar-refractivity contribution < 1.29 is 13.2 Å². The largest absolute Gasteiger partial charge is 0.381 e. The maximum atomic E-state index is 12.4. The molecule has 0 amide bonds. The van der Waals surface area contributed by atoms with Gasteiger partial charge >= 0.3 is 0 Å². The first-order chi connectivity index (χ1) is 10.5. The lowest BCUT2D eigenvalue weighted by atomic mass is 10.2. The number of nitrogens with zero attached hydrogens (tertiary/aromatic N) is 2. The highest BCUT2D eigenvalue weighted by Crippen LogP contribution is 2.27. The van der Waals surface area contributed by atoms with Crippen LogP contribution in [0.4, 0.5) is 0 Å². The summed E-state index contributed by atoms with van der Waals surface area (Å²) in [6.07, 6.45) is 0. The SMILES string of the molecule is CCOCCS(=O)(=O)N1CCn2c(cc3ccc(Cl)cc32)C1. The second-order valence-electron chi connectivity index (χ2n) is 5.34. The van der Waals surface area contributed by atoms with Gasteiger partial charge in [-0.1, -0.05) is 17.7 Å². The molecule has 0 saturated heterocycles. The number of fused-ring (bicyclic) bond motifs is 3. The number of benzene rings is 1. The predicted octanol–water partition coefficient (Wildman–Crippen LogP) is 2.48. The van der Waals surface area contributed by atoms with Gasteiger partial charge in [0.1, 0.15) is 0 Å². The first kappa shape index (κ1) is 15.8. The second-order valence-corrected chi connectivity index (χ2v) is 7.86. The van der Waals surface area contributed by atoms with E-state index in [1.807, 2.05) is 31.2 Å². The molecule has 7 heteroatoms. The van der Waals surface area contributed by atoms with Gasteiger partial charge in [-0.25, -0.2) is 8.42 Å². The Morgan fingerprint density at radius 2 is 2.09 bits per heavy atom. The normalized spacial score (nSPS) is 16.1. The van der Waals surface area contributed by atoms with E-state index in [0.29, 0.717) is 31.3 Å². The van der Waals surface area contributed by atoms with Crippen molar-refractivity contribution in [3.8, 4) is 0 Å². The summed E-state index contributed by atoms with van der Waals surface area (Å²) in [5.41, 5.74) is 2.07. The predicted molar refractivity (Wildman–Crippen MR) is 87.6 cm³/mol. The molecule has 120 valence electrons. The molecule has 0 N–H and O–H groups in total. The summed E-state index contributed by atoms with van der Waals surface area (Å²) in [5, 5.41) is 1.79. The van der Waals surface area contributed by atoms with E-state index in [0.717, 1.165) is 16.6 Å². The molecule has 1 aliphatic rings. The van der Waals surface area contributed by atoms with E-state index in [1.54, 1.807) is 4.31 Å². The summed E-state index contributed by atoms with van der Waals surface area (Å²) in [4.78, 5) is 0. The van der Waals surface area contributed by atoms with Crippen LogP contribution in [-0.4, -0.2) is 42.8 Å². The summed E-state index contributed by atoms with van der Waals surface area (Å²) < 4.78 is 33.6. The number of ether oxygens (including phenoxy) is 1. The topological polar surface area (TPSA) is 51.5 Å².